The van der Waals surface area contributed by atoms with E-state index in [4.69, 9.17) is 4.42 Å². The first-order chi connectivity index (χ1) is 17.5. The fourth-order valence-corrected chi connectivity index (χ4v) is 5.03. The highest BCUT2D eigenvalue weighted by Crippen LogP contribution is 2.25. The van der Waals surface area contributed by atoms with Gasteiger partial charge in [0.25, 0.3) is 5.91 Å². The summed E-state index contributed by atoms with van der Waals surface area (Å²) in [7, 11) is 0. The molecule has 1 aliphatic heterocycles. The Morgan fingerprint density at radius 2 is 1.75 bits per heavy atom. The van der Waals surface area contributed by atoms with Gasteiger partial charge >= 0.3 is 5.69 Å². The summed E-state index contributed by atoms with van der Waals surface area (Å²) >= 11 is 0. The molecule has 1 N–H and O–H groups in total. The van der Waals surface area contributed by atoms with E-state index in [9.17, 15) is 14.4 Å². The predicted molar refractivity (Wildman–Crippen MR) is 137 cm³/mol. The molecule has 186 valence electrons. The van der Waals surface area contributed by atoms with Gasteiger partial charge in [-0.2, -0.15) is 0 Å². The Hall–Kier alpha value is -4.07. The summed E-state index contributed by atoms with van der Waals surface area (Å²) in [6, 6.07) is 19.2. The summed E-state index contributed by atoms with van der Waals surface area (Å²) in [4.78, 5) is 45.4. The van der Waals surface area contributed by atoms with Gasteiger partial charge in [-0.05, 0) is 43.5 Å². The van der Waals surface area contributed by atoms with E-state index < -0.39 is 0 Å². The number of fused-ring (bicyclic) bond motifs is 1. The largest absolute Gasteiger partial charge is 0.469 e. The van der Waals surface area contributed by atoms with E-state index in [2.05, 4.69) is 4.98 Å². The number of hydrogen-bond donors (Lipinski definition) is 1. The molecule has 4 aromatic rings. The van der Waals surface area contributed by atoms with Crippen molar-refractivity contribution in [2.45, 2.75) is 38.8 Å². The van der Waals surface area contributed by atoms with Gasteiger partial charge in [0, 0.05) is 38.6 Å². The molecule has 0 unspecified atom stereocenters. The maximum absolute atomic E-state index is 13.2. The van der Waals surface area contributed by atoms with E-state index in [1.807, 2.05) is 64.1 Å². The van der Waals surface area contributed by atoms with E-state index >= 15 is 0 Å². The molecule has 0 spiro atoms. The lowest BCUT2D eigenvalue weighted by Crippen LogP contribution is -2.42. The number of imidazole rings is 1. The van der Waals surface area contributed by atoms with Crippen LogP contribution in [0.4, 0.5) is 0 Å². The van der Waals surface area contributed by atoms with Crippen LogP contribution in [-0.2, 0) is 11.3 Å². The Labute approximate surface area is 209 Å². The van der Waals surface area contributed by atoms with E-state index in [0.29, 0.717) is 50.3 Å². The number of rotatable bonds is 7. The number of H-pyrrole nitrogens is 1. The second-order valence-corrected chi connectivity index (χ2v) is 9.28. The summed E-state index contributed by atoms with van der Waals surface area (Å²) in [5.74, 6) is 0.448. The van der Waals surface area contributed by atoms with Crippen molar-refractivity contribution in [3.63, 3.8) is 0 Å². The van der Waals surface area contributed by atoms with E-state index in [-0.39, 0.29) is 30.0 Å². The number of aromatic nitrogens is 2. The zero-order chi connectivity index (χ0) is 25.1. The van der Waals surface area contributed by atoms with Crippen LogP contribution in [0.15, 0.2) is 76.1 Å². The fourth-order valence-electron chi connectivity index (χ4n) is 5.03. The highest BCUT2D eigenvalue weighted by Gasteiger charge is 2.27. The molecule has 36 heavy (non-hydrogen) atoms. The van der Waals surface area contributed by atoms with Crippen LogP contribution in [0.3, 0.4) is 0 Å². The minimum Gasteiger partial charge on any atom is -0.469 e. The molecule has 0 bridgehead atoms. The molecule has 0 aliphatic carbocycles. The number of aromatic amines is 1. The predicted octanol–water partition coefficient (Wildman–Crippen LogP) is 4.13. The van der Waals surface area contributed by atoms with Crippen molar-refractivity contribution < 1.29 is 14.0 Å². The number of carbonyl (C=O) groups is 2. The molecule has 1 saturated heterocycles. The van der Waals surface area contributed by atoms with Crippen LogP contribution in [0, 0.1) is 6.92 Å². The summed E-state index contributed by atoms with van der Waals surface area (Å²) in [6.45, 7) is 3.68. The van der Waals surface area contributed by atoms with Crippen LogP contribution in [-0.4, -0.2) is 50.8 Å². The monoisotopic (exact) mass is 486 g/mol. The van der Waals surface area contributed by atoms with Crippen LogP contribution in [0.5, 0.6) is 0 Å². The van der Waals surface area contributed by atoms with E-state index in [1.54, 1.807) is 17.9 Å². The Bertz CT molecular complexity index is 1410. The molecule has 1 aliphatic rings. The van der Waals surface area contributed by atoms with Crippen molar-refractivity contribution in [3.05, 3.63) is 94.3 Å². The van der Waals surface area contributed by atoms with Crippen LogP contribution >= 0.6 is 0 Å². The zero-order valence-electron chi connectivity index (χ0n) is 20.4. The Morgan fingerprint density at radius 3 is 2.47 bits per heavy atom. The normalized spacial score (nSPS) is 14.3. The molecular formula is C28H30N4O4. The second-order valence-electron chi connectivity index (χ2n) is 9.28. The van der Waals surface area contributed by atoms with Gasteiger partial charge in [0.05, 0.1) is 22.9 Å². The summed E-state index contributed by atoms with van der Waals surface area (Å²) in [6.07, 6.45) is 3.19. The molecule has 0 saturated carbocycles. The van der Waals surface area contributed by atoms with Crippen LogP contribution < -0.4 is 5.69 Å². The zero-order valence-corrected chi connectivity index (χ0v) is 20.4. The first-order valence-electron chi connectivity index (χ1n) is 12.4. The lowest BCUT2D eigenvalue weighted by Gasteiger charge is -2.33. The maximum atomic E-state index is 13.2. The first kappa shape index (κ1) is 23.7. The maximum Gasteiger partial charge on any atom is 0.326 e. The standard InChI is InChI=1S/C28H30N4O4/c1-20-23(14-18-36-20)27(34)31(19-21-7-3-2-4-8-21)17-13-26(33)30-15-11-22(12-16-30)32-25-10-6-5-9-24(25)29-28(32)35/h2-10,14,18,22H,11-13,15-17,19H2,1H3,(H,29,35). The fraction of sp³-hybridized carbons (Fsp3) is 0.321. The average molecular weight is 487 g/mol. The number of benzene rings is 2. The van der Waals surface area contributed by atoms with Gasteiger partial charge in [-0.3, -0.25) is 14.2 Å². The smallest absolute Gasteiger partial charge is 0.326 e. The lowest BCUT2D eigenvalue weighted by atomic mass is 10.0. The van der Waals surface area contributed by atoms with Gasteiger partial charge in [-0.15, -0.1) is 0 Å². The molecule has 8 heteroatoms. The Morgan fingerprint density at radius 1 is 1.03 bits per heavy atom. The van der Waals surface area contributed by atoms with Crippen molar-refractivity contribution in [1.82, 2.24) is 19.4 Å². The summed E-state index contributed by atoms with van der Waals surface area (Å²) < 4.78 is 7.16. The number of likely N-dealkylation sites (tertiary alicyclic amines) is 1. The summed E-state index contributed by atoms with van der Waals surface area (Å²) in [5.41, 5.74) is 3.15. The molecule has 8 nitrogen and oxygen atoms in total. The number of aryl methyl sites for hydroxylation is 1. The SMILES string of the molecule is Cc1occc1C(=O)N(CCC(=O)N1CCC(n2c(=O)[nH]c3ccccc32)CC1)Cc1ccccc1. The van der Waals surface area contributed by atoms with E-state index in [0.717, 1.165) is 16.6 Å². The number of piperidine rings is 1. The molecule has 3 heterocycles. The van der Waals surface area contributed by atoms with Crippen LogP contribution in [0.25, 0.3) is 11.0 Å². The number of furan rings is 1. The van der Waals surface area contributed by atoms with E-state index in [1.165, 1.54) is 6.26 Å². The van der Waals surface area contributed by atoms with Gasteiger partial charge in [0.1, 0.15) is 5.76 Å². The van der Waals surface area contributed by atoms with Crippen LogP contribution in [0.1, 0.15) is 47.0 Å². The molecule has 0 radical (unpaired) electrons. The molecule has 5 rings (SSSR count). The topological polar surface area (TPSA) is 91.6 Å². The molecule has 1 fully saturated rings. The van der Waals surface area contributed by atoms with Gasteiger partial charge in [-0.25, -0.2) is 4.79 Å². The highest BCUT2D eigenvalue weighted by molar-refractivity contribution is 5.95. The minimum atomic E-state index is -0.143. The molecule has 2 amide bonds. The highest BCUT2D eigenvalue weighted by atomic mass is 16.3. The number of nitrogens with one attached hydrogen (secondary N) is 1. The van der Waals surface area contributed by atoms with Crippen molar-refractivity contribution in [1.29, 1.82) is 0 Å². The van der Waals surface area contributed by atoms with Crippen LogP contribution in [0.2, 0.25) is 0 Å². The molecular weight excluding hydrogens is 456 g/mol. The quantitative estimate of drug-likeness (QED) is 0.425. The number of amides is 2. The van der Waals surface area contributed by atoms with Crippen molar-refractivity contribution in [2.75, 3.05) is 19.6 Å². The minimum absolute atomic E-state index is 0.0227. The van der Waals surface area contributed by atoms with Gasteiger partial charge in [0.2, 0.25) is 5.91 Å². The third-order valence-electron chi connectivity index (χ3n) is 6.99. The molecule has 2 aromatic carbocycles. The van der Waals surface area contributed by atoms with Gasteiger partial charge < -0.3 is 19.2 Å². The summed E-state index contributed by atoms with van der Waals surface area (Å²) in [5, 5.41) is 0. The van der Waals surface area contributed by atoms with Crippen molar-refractivity contribution in [3.8, 4) is 0 Å². The van der Waals surface area contributed by atoms with Crippen molar-refractivity contribution >= 4 is 22.8 Å². The Kier molecular flexibility index (Phi) is 6.75. The Balaban J connectivity index is 1.22. The van der Waals surface area contributed by atoms with Gasteiger partial charge in [0.15, 0.2) is 0 Å². The number of carbonyl (C=O) groups excluding carboxylic acids is 2. The molecule has 0 atom stereocenters. The second kappa shape index (κ2) is 10.3. The average Bonchev–Trinajstić information content (AvgIpc) is 3.48. The van der Waals surface area contributed by atoms with Crippen molar-refractivity contribution in [2.24, 2.45) is 0 Å². The third-order valence-corrected chi connectivity index (χ3v) is 6.99. The third kappa shape index (κ3) is 4.84. The number of nitrogens with zero attached hydrogens (tertiary/aromatic N) is 3. The number of para-hydroxylation sites is 2. The number of hydrogen-bond acceptors (Lipinski definition) is 4. The van der Waals surface area contributed by atoms with Gasteiger partial charge in [-0.1, -0.05) is 42.5 Å². The molecule has 2 aromatic heterocycles. The lowest BCUT2D eigenvalue weighted by molar-refractivity contribution is -0.132. The first-order valence-corrected chi connectivity index (χ1v) is 12.4.